The highest BCUT2D eigenvalue weighted by molar-refractivity contribution is 6.09. The Hall–Kier alpha value is -3.32. The van der Waals surface area contributed by atoms with E-state index in [2.05, 4.69) is 106 Å². The summed E-state index contributed by atoms with van der Waals surface area (Å²) in [5.74, 6) is 0. The Morgan fingerprint density at radius 1 is 0.586 bits per heavy atom. The molecule has 1 heteroatoms. The molecular formula is C28H24O. The lowest BCUT2D eigenvalue weighted by Gasteiger charge is -2.18. The summed E-state index contributed by atoms with van der Waals surface area (Å²) in [6, 6.07) is 32.2. The highest BCUT2D eigenvalue weighted by Gasteiger charge is 2.17. The summed E-state index contributed by atoms with van der Waals surface area (Å²) < 4.78 is 6.32. The van der Waals surface area contributed by atoms with Crippen molar-refractivity contribution in [2.45, 2.75) is 26.2 Å². The molecule has 0 radical (unpaired) electrons. The lowest BCUT2D eigenvalue weighted by molar-refractivity contribution is 0.590. The van der Waals surface area contributed by atoms with Crippen LogP contribution in [0.5, 0.6) is 0 Å². The van der Waals surface area contributed by atoms with Crippen LogP contribution in [-0.4, -0.2) is 0 Å². The van der Waals surface area contributed by atoms with Gasteiger partial charge >= 0.3 is 0 Å². The van der Waals surface area contributed by atoms with Crippen molar-refractivity contribution in [3.8, 4) is 22.3 Å². The number of hydrogen-bond acceptors (Lipinski definition) is 1. The number of rotatable bonds is 2. The Labute approximate surface area is 171 Å². The Bertz CT molecular complexity index is 1300. The van der Waals surface area contributed by atoms with Gasteiger partial charge in [0.05, 0.1) is 0 Å². The number of furan rings is 1. The normalized spacial score (nSPS) is 12.0. The van der Waals surface area contributed by atoms with Gasteiger partial charge in [-0.3, -0.25) is 0 Å². The smallest absolute Gasteiger partial charge is 0.143 e. The van der Waals surface area contributed by atoms with Crippen molar-refractivity contribution < 1.29 is 4.42 Å². The molecule has 0 unspecified atom stereocenters. The lowest BCUT2D eigenvalue weighted by atomic mass is 9.86. The van der Waals surface area contributed by atoms with Crippen LogP contribution in [0.15, 0.2) is 95.4 Å². The molecule has 0 N–H and O–H groups in total. The van der Waals surface area contributed by atoms with E-state index in [-0.39, 0.29) is 5.41 Å². The highest BCUT2D eigenvalue weighted by Crippen LogP contribution is 2.38. The fourth-order valence-electron chi connectivity index (χ4n) is 3.97. The van der Waals surface area contributed by atoms with Gasteiger partial charge in [0.1, 0.15) is 11.2 Å². The molecule has 0 atom stereocenters. The molecule has 0 saturated carbocycles. The molecule has 29 heavy (non-hydrogen) atoms. The van der Waals surface area contributed by atoms with Crippen LogP contribution in [0.2, 0.25) is 0 Å². The van der Waals surface area contributed by atoms with Crippen LogP contribution in [0, 0.1) is 0 Å². The summed E-state index contributed by atoms with van der Waals surface area (Å²) in [5, 5.41) is 2.37. The van der Waals surface area contributed by atoms with Gasteiger partial charge in [-0.05, 0) is 39.8 Å². The molecule has 1 heterocycles. The zero-order valence-corrected chi connectivity index (χ0v) is 17.1. The molecule has 0 amide bonds. The molecule has 1 nitrogen and oxygen atoms in total. The van der Waals surface area contributed by atoms with Crippen LogP contribution in [0.25, 0.3) is 44.2 Å². The molecule has 0 spiro atoms. The van der Waals surface area contributed by atoms with Crippen LogP contribution in [0.3, 0.4) is 0 Å². The first kappa shape index (κ1) is 17.8. The second-order valence-corrected chi connectivity index (χ2v) is 8.69. The molecule has 0 saturated heterocycles. The molecule has 0 aliphatic rings. The number of benzene rings is 4. The lowest BCUT2D eigenvalue weighted by Crippen LogP contribution is -2.10. The molecule has 0 aliphatic carbocycles. The summed E-state index contributed by atoms with van der Waals surface area (Å²) in [5.41, 5.74) is 8.10. The quantitative estimate of drug-likeness (QED) is 0.302. The van der Waals surface area contributed by atoms with Crippen molar-refractivity contribution in [2.75, 3.05) is 0 Å². The zero-order valence-electron chi connectivity index (χ0n) is 17.1. The Balaban J connectivity index is 1.64. The van der Waals surface area contributed by atoms with E-state index >= 15 is 0 Å². The third-order valence-corrected chi connectivity index (χ3v) is 5.67. The van der Waals surface area contributed by atoms with Crippen molar-refractivity contribution >= 4 is 21.9 Å². The molecule has 1 aromatic heterocycles. The second kappa shape index (κ2) is 6.63. The Morgan fingerprint density at radius 2 is 1.28 bits per heavy atom. The molecule has 0 aliphatic heterocycles. The van der Waals surface area contributed by atoms with Gasteiger partial charge < -0.3 is 4.42 Å². The minimum Gasteiger partial charge on any atom is -0.455 e. The maximum absolute atomic E-state index is 6.32. The summed E-state index contributed by atoms with van der Waals surface area (Å²) in [7, 11) is 0. The molecule has 0 fully saturated rings. The van der Waals surface area contributed by atoms with E-state index in [1.54, 1.807) is 0 Å². The largest absolute Gasteiger partial charge is 0.455 e. The number of para-hydroxylation sites is 1. The molecule has 5 rings (SSSR count). The molecule has 4 aromatic carbocycles. The standard InChI is InChI=1S/C28H24O/c1-28(2,3)22-16-17-26-25(18-22)24-11-7-10-23(27(24)29-26)21-14-12-20(13-15-21)19-8-5-4-6-9-19/h4-18H,1-3H3. The van der Waals surface area contributed by atoms with E-state index in [1.807, 2.05) is 6.07 Å². The van der Waals surface area contributed by atoms with Gasteiger partial charge in [0.15, 0.2) is 0 Å². The molecule has 0 bridgehead atoms. The van der Waals surface area contributed by atoms with Gasteiger partial charge in [0.2, 0.25) is 0 Å². The van der Waals surface area contributed by atoms with Gasteiger partial charge in [-0.2, -0.15) is 0 Å². The van der Waals surface area contributed by atoms with E-state index in [4.69, 9.17) is 4.42 Å². The van der Waals surface area contributed by atoms with E-state index in [1.165, 1.54) is 33.0 Å². The minimum absolute atomic E-state index is 0.114. The van der Waals surface area contributed by atoms with Crippen LogP contribution in [-0.2, 0) is 5.41 Å². The average molecular weight is 376 g/mol. The number of fused-ring (bicyclic) bond motifs is 3. The van der Waals surface area contributed by atoms with Crippen LogP contribution in [0.4, 0.5) is 0 Å². The van der Waals surface area contributed by atoms with Gasteiger partial charge in [-0.15, -0.1) is 0 Å². The summed E-state index contributed by atoms with van der Waals surface area (Å²) in [6.07, 6.45) is 0. The monoisotopic (exact) mass is 376 g/mol. The fourth-order valence-corrected chi connectivity index (χ4v) is 3.97. The molecule has 142 valence electrons. The predicted molar refractivity (Wildman–Crippen MR) is 123 cm³/mol. The third kappa shape index (κ3) is 3.13. The van der Waals surface area contributed by atoms with Crippen LogP contribution < -0.4 is 0 Å². The van der Waals surface area contributed by atoms with E-state index < -0.39 is 0 Å². The summed E-state index contributed by atoms with van der Waals surface area (Å²) in [6.45, 7) is 6.74. The Kier molecular flexibility index (Phi) is 4.06. The van der Waals surface area contributed by atoms with Crippen molar-refractivity contribution in [3.63, 3.8) is 0 Å². The highest BCUT2D eigenvalue weighted by atomic mass is 16.3. The molecular weight excluding hydrogens is 352 g/mol. The maximum atomic E-state index is 6.32. The maximum Gasteiger partial charge on any atom is 0.143 e. The first-order valence-corrected chi connectivity index (χ1v) is 10.1. The molecule has 5 aromatic rings. The fraction of sp³-hybridized carbons (Fsp3) is 0.143. The first-order valence-electron chi connectivity index (χ1n) is 10.1. The third-order valence-electron chi connectivity index (χ3n) is 5.67. The van der Waals surface area contributed by atoms with E-state index in [9.17, 15) is 0 Å². The summed E-state index contributed by atoms with van der Waals surface area (Å²) in [4.78, 5) is 0. The van der Waals surface area contributed by atoms with Gasteiger partial charge in [0, 0.05) is 16.3 Å². The summed E-state index contributed by atoms with van der Waals surface area (Å²) >= 11 is 0. The van der Waals surface area contributed by atoms with Crippen LogP contribution in [0.1, 0.15) is 26.3 Å². The van der Waals surface area contributed by atoms with Gasteiger partial charge in [-0.25, -0.2) is 0 Å². The van der Waals surface area contributed by atoms with Crippen molar-refractivity contribution in [1.29, 1.82) is 0 Å². The van der Waals surface area contributed by atoms with Crippen molar-refractivity contribution in [1.82, 2.24) is 0 Å². The SMILES string of the molecule is CC(C)(C)c1ccc2oc3c(-c4ccc(-c5ccccc5)cc4)cccc3c2c1. The van der Waals surface area contributed by atoms with Crippen molar-refractivity contribution in [2.24, 2.45) is 0 Å². The van der Waals surface area contributed by atoms with Gasteiger partial charge in [-0.1, -0.05) is 99.6 Å². The van der Waals surface area contributed by atoms with E-state index in [0.717, 1.165) is 16.7 Å². The topological polar surface area (TPSA) is 13.1 Å². The second-order valence-electron chi connectivity index (χ2n) is 8.69. The van der Waals surface area contributed by atoms with Crippen LogP contribution >= 0.6 is 0 Å². The first-order chi connectivity index (χ1) is 14.0. The van der Waals surface area contributed by atoms with Crippen molar-refractivity contribution in [3.05, 3.63) is 96.6 Å². The van der Waals surface area contributed by atoms with Gasteiger partial charge in [0.25, 0.3) is 0 Å². The van der Waals surface area contributed by atoms with E-state index in [0.29, 0.717) is 0 Å². The number of hydrogen-bond donors (Lipinski definition) is 0. The Morgan fingerprint density at radius 3 is 2.00 bits per heavy atom. The minimum atomic E-state index is 0.114. The predicted octanol–water partition coefficient (Wildman–Crippen LogP) is 8.22. The average Bonchev–Trinajstić information content (AvgIpc) is 3.12. The zero-order chi connectivity index (χ0) is 20.0.